The van der Waals surface area contributed by atoms with Crippen molar-refractivity contribution in [1.82, 2.24) is 0 Å². The predicted octanol–water partition coefficient (Wildman–Crippen LogP) is 3.36. The summed E-state index contributed by atoms with van der Waals surface area (Å²) in [7, 11) is -2.13. The number of hydrogen-bond acceptors (Lipinski definition) is 1. The molecule has 0 radical (unpaired) electrons. The molecule has 0 spiro atoms. The molecule has 2 heteroatoms. The molecule has 1 unspecified atom stereocenters. The summed E-state index contributed by atoms with van der Waals surface area (Å²) in [5.41, 5.74) is 0. The van der Waals surface area contributed by atoms with Crippen LogP contribution in [-0.4, -0.2) is 14.9 Å². The van der Waals surface area contributed by atoms with Crippen molar-refractivity contribution in [3.05, 3.63) is 72.8 Å². The van der Waals surface area contributed by atoms with Gasteiger partial charge in [-0.15, -0.1) is 0 Å². The SMILES string of the molecule is CC1/C=C\CCO[Si](c2ccccc2)(c2ccccc2)C1. The van der Waals surface area contributed by atoms with Crippen molar-refractivity contribution < 1.29 is 4.43 Å². The molecule has 0 saturated heterocycles. The van der Waals surface area contributed by atoms with Crippen LogP contribution in [0.4, 0.5) is 0 Å². The Morgan fingerprint density at radius 1 is 0.905 bits per heavy atom. The van der Waals surface area contributed by atoms with Gasteiger partial charge in [-0.3, -0.25) is 0 Å². The minimum absolute atomic E-state index is 0.553. The van der Waals surface area contributed by atoms with Crippen molar-refractivity contribution in [2.75, 3.05) is 6.61 Å². The van der Waals surface area contributed by atoms with Crippen LogP contribution in [0.25, 0.3) is 0 Å². The molecule has 1 heterocycles. The molecular weight excluding hydrogens is 272 g/mol. The second kappa shape index (κ2) is 6.42. The van der Waals surface area contributed by atoms with Gasteiger partial charge in [0.25, 0.3) is 8.32 Å². The first-order chi connectivity index (χ1) is 10.3. The molecule has 0 N–H and O–H groups in total. The lowest BCUT2D eigenvalue weighted by molar-refractivity contribution is 0.316. The first-order valence-electron chi connectivity index (χ1n) is 7.73. The quantitative estimate of drug-likeness (QED) is 0.609. The molecule has 0 amide bonds. The van der Waals surface area contributed by atoms with Gasteiger partial charge in [-0.1, -0.05) is 79.7 Å². The highest BCUT2D eigenvalue weighted by Crippen LogP contribution is 2.22. The van der Waals surface area contributed by atoms with E-state index in [0.29, 0.717) is 5.92 Å². The number of allylic oxidation sites excluding steroid dienone is 1. The molecule has 1 atom stereocenters. The van der Waals surface area contributed by atoms with E-state index in [1.165, 1.54) is 10.4 Å². The fourth-order valence-corrected chi connectivity index (χ4v) is 7.42. The first kappa shape index (κ1) is 14.3. The molecule has 1 aliphatic rings. The number of rotatable bonds is 2. The molecule has 0 bridgehead atoms. The molecule has 0 fully saturated rings. The molecule has 0 saturated carbocycles. The van der Waals surface area contributed by atoms with Gasteiger partial charge >= 0.3 is 0 Å². The Kier molecular flexibility index (Phi) is 4.37. The van der Waals surface area contributed by atoms with Crippen LogP contribution in [0.2, 0.25) is 6.04 Å². The topological polar surface area (TPSA) is 9.23 Å². The molecule has 1 nitrogen and oxygen atoms in total. The molecule has 21 heavy (non-hydrogen) atoms. The van der Waals surface area contributed by atoms with Crippen LogP contribution in [0.5, 0.6) is 0 Å². The lowest BCUT2D eigenvalue weighted by Crippen LogP contribution is -2.61. The molecule has 108 valence electrons. The van der Waals surface area contributed by atoms with Crippen LogP contribution in [0.1, 0.15) is 13.3 Å². The van der Waals surface area contributed by atoms with Crippen molar-refractivity contribution in [3.8, 4) is 0 Å². The molecular formula is C19H22OSi. The Labute approximate surface area is 128 Å². The number of benzene rings is 2. The number of hydrogen-bond donors (Lipinski definition) is 0. The van der Waals surface area contributed by atoms with Crippen molar-refractivity contribution in [2.24, 2.45) is 5.92 Å². The van der Waals surface area contributed by atoms with E-state index in [2.05, 4.69) is 79.7 Å². The Balaban J connectivity index is 2.12. The highest BCUT2D eigenvalue weighted by molar-refractivity contribution is 6.97. The Morgan fingerprint density at radius 3 is 2.05 bits per heavy atom. The summed E-state index contributed by atoms with van der Waals surface area (Å²) in [6, 6.07) is 22.8. The van der Waals surface area contributed by atoms with Gasteiger partial charge in [0, 0.05) is 6.61 Å². The van der Waals surface area contributed by atoms with Crippen molar-refractivity contribution in [2.45, 2.75) is 19.4 Å². The van der Waals surface area contributed by atoms with Gasteiger partial charge in [0.1, 0.15) is 0 Å². The van der Waals surface area contributed by atoms with Crippen LogP contribution < -0.4 is 10.4 Å². The average molecular weight is 294 g/mol. The van der Waals surface area contributed by atoms with Crippen molar-refractivity contribution in [3.63, 3.8) is 0 Å². The fourth-order valence-electron chi connectivity index (χ4n) is 3.19. The van der Waals surface area contributed by atoms with Gasteiger partial charge in [0.05, 0.1) is 0 Å². The third kappa shape index (κ3) is 3.02. The van der Waals surface area contributed by atoms with E-state index < -0.39 is 8.32 Å². The normalized spacial score (nSPS) is 23.0. The Morgan fingerprint density at radius 2 is 1.48 bits per heavy atom. The molecule has 0 aromatic heterocycles. The maximum absolute atomic E-state index is 6.60. The van der Waals surface area contributed by atoms with Crippen molar-refractivity contribution in [1.29, 1.82) is 0 Å². The van der Waals surface area contributed by atoms with E-state index in [0.717, 1.165) is 19.1 Å². The summed E-state index contributed by atoms with van der Waals surface area (Å²) in [5.74, 6) is 0.553. The summed E-state index contributed by atoms with van der Waals surface area (Å²) in [6.07, 6.45) is 5.63. The lowest BCUT2D eigenvalue weighted by Gasteiger charge is -2.35. The summed E-state index contributed by atoms with van der Waals surface area (Å²) >= 11 is 0. The molecule has 0 aliphatic carbocycles. The van der Waals surface area contributed by atoms with E-state index in [1.807, 2.05) is 0 Å². The van der Waals surface area contributed by atoms with E-state index in [1.54, 1.807) is 0 Å². The minimum atomic E-state index is -2.13. The van der Waals surface area contributed by atoms with E-state index in [9.17, 15) is 0 Å². The Bertz CT molecular complexity index is 552. The van der Waals surface area contributed by atoms with Gasteiger partial charge in [-0.25, -0.2) is 0 Å². The van der Waals surface area contributed by atoms with Crippen LogP contribution in [-0.2, 0) is 4.43 Å². The zero-order valence-corrected chi connectivity index (χ0v) is 13.5. The summed E-state index contributed by atoms with van der Waals surface area (Å²) in [6.45, 7) is 3.12. The largest absolute Gasteiger partial charge is 0.408 e. The monoisotopic (exact) mass is 294 g/mol. The fraction of sp³-hybridized carbons (Fsp3) is 0.263. The van der Waals surface area contributed by atoms with Gasteiger partial charge in [0.2, 0.25) is 0 Å². The minimum Gasteiger partial charge on any atom is -0.408 e. The highest BCUT2D eigenvalue weighted by atomic mass is 28.4. The van der Waals surface area contributed by atoms with E-state index >= 15 is 0 Å². The summed E-state index contributed by atoms with van der Waals surface area (Å²) < 4.78 is 6.60. The first-order valence-corrected chi connectivity index (χ1v) is 9.84. The second-order valence-corrected chi connectivity index (χ2v) is 9.31. The Hall–Kier alpha value is -1.64. The summed E-state index contributed by atoms with van der Waals surface area (Å²) in [5, 5.41) is 2.77. The third-order valence-corrected chi connectivity index (χ3v) is 8.63. The lowest BCUT2D eigenvalue weighted by atomic mass is 10.2. The molecule has 1 aliphatic heterocycles. The molecule has 2 aromatic rings. The standard InChI is InChI=1S/C19H22OSi/c1-17-10-8-9-15-20-21(16-17,18-11-4-2-5-12-18)19-13-6-3-7-14-19/h2-8,10-14,17H,9,15-16H2,1H3/b10-8-. The van der Waals surface area contributed by atoms with Gasteiger partial charge in [-0.05, 0) is 28.8 Å². The second-order valence-electron chi connectivity index (χ2n) is 5.81. The smallest absolute Gasteiger partial charge is 0.256 e. The summed E-state index contributed by atoms with van der Waals surface area (Å²) in [4.78, 5) is 0. The van der Waals surface area contributed by atoms with Crippen LogP contribution in [0.15, 0.2) is 72.8 Å². The van der Waals surface area contributed by atoms with Crippen LogP contribution >= 0.6 is 0 Å². The highest BCUT2D eigenvalue weighted by Gasteiger charge is 2.40. The molecule has 2 aromatic carbocycles. The van der Waals surface area contributed by atoms with Crippen molar-refractivity contribution >= 4 is 18.7 Å². The van der Waals surface area contributed by atoms with Gasteiger partial charge < -0.3 is 4.43 Å². The maximum Gasteiger partial charge on any atom is 0.256 e. The molecule has 3 rings (SSSR count). The third-order valence-electron chi connectivity index (χ3n) is 4.19. The predicted molar refractivity (Wildman–Crippen MR) is 91.6 cm³/mol. The van der Waals surface area contributed by atoms with Crippen LogP contribution in [0, 0.1) is 5.92 Å². The zero-order chi connectivity index (χ0) is 14.5. The van der Waals surface area contributed by atoms with Crippen LogP contribution in [0.3, 0.4) is 0 Å². The van der Waals surface area contributed by atoms with Gasteiger partial charge in [-0.2, -0.15) is 0 Å². The maximum atomic E-state index is 6.60. The average Bonchev–Trinajstić information content (AvgIpc) is 2.53. The van der Waals surface area contributed by atoms with E-state index in [-0.39, 0.29) is 0 Å². The van der Waals surface area contributed by atoms with E-state index in [4.69, 9.17) is 4.43 Å². The zero-order valence-electron chi connectivity index (χ0n) is 12.5. The van der Waals surface area contributed by atoms with Gasteiger partial charge in [0.15, 0.2) is 0 Å².